The Kier molecular flexibility index (Phi) is 6.39. The molecule has 1 N–H and O–H groups in total. The van der Waals surface area contributed by atoms with Crippen molar-refractivity contribution in [2.24, 2.45) is 0 Å². The van der Waals surface area contributed by atoms with Crippen LogP contribution in [0.4, 0.5) is 9.18 Å². The fourth-order valence-electron chi connectivity index (χ4n) is 3.02. The van der Waals surface area contributed by atoms with Crippen molar-refractivity contribution < 1.29 is 13.7 Å². The van der Waals surface area contributed by atoms with Gasteiger partial charge in [-0.1, -0.05) is 31.1 Å². The number of hydrogen-bond donors (Lipinski definition) is 1. The van der Waals surface area contributed by atoms with E-state index in [0.717, 1.165) is 31.6 Å². The molecule has 0 saturated carbocycles. The van der Waals surface area contributed by atoms with Gasteiger partial charge in [0.1, 0.15) is 5.82 Å². The minimum absolute atomic E-state index is 0.122. The van der Waals surface area contributed by atoms with Gasteiger partial charge in [0, 0.05) is 38.6 Å². The van der Waals surface area contributed by atoms with Gasteiger partial charge in [0.2, 0.25) is 5.89 Å². The van der Waals surface area contributed by atoms with E-state index >= 15 is 0 Å². The van der Waals surface area contributed by atoms with Gasteiger partial charge in [-0.3, -0.25) is 4.90 Å². The number of aromatic nitrogens is 2. The summed E-state index contributed by atoms with van der Waals surface area (Å²) in [5.74, 6) is 1.03. The summed E-state index contributed by atoms with van der Waals surface area (Å²) in [6, 6.07) is 6.45. The molecule has 8 heteroatoms. The highest BCUT2D eigenvalue weighted by molar-refractivity contribution is 5.74. The Labute approximate surface area is 158 Å². The third kappa shape index (κ3) is 5.50. The zero-order valence-electron chi connectivity index (χ0n) is 15.8. The summed E-state index contributed by atoms with van der Waals surface area (Å²) >= 11 is 0. The second-order valence-electron chi connectivity index (χ2n) is 7.10. The lowest BCUT2D eigenvalue weighted by Crippen LogP contribution is -2.41. The Bertz CT molecular complexity index is 747. The number of halogens is 1. The molecule has 7 nitrogen and oxygen atoms in total. The lowest BCUT2D eigenvalue weighted by Gasteiger charge is -2.22. The smallest absolute Gasteiger partial charge is 0.317 e. The van der Waals surface area contributed by atoms with Crippen molar-refractivity contribution in [2.45, 2.75) is 39.3 Å². The first-order chi connectivity index (χ1) is 13.0. The van der Waals surface area contributed by atoms with Crippen LogP contribution in [-0.2, 0) is 13.1 Å². The van der Waals surface area contributed by atoms with Crippen LogP contribution in [0.1, 0.15) is 43.5 Å². The van der Waals surface area contributed by atoms with Gasteiger partial charge in [-0.25, -0.2) is 9.18 Å². The maximum atomic E-state index is 13.0. The second kappa shape index (κ2) is 8.94. The van der Waals surface area contributed by atoms with Crippen LogP contribution in [0, 0.1) is 5.82 Å². The first kappa shape index (κ1) is 19.3. The van der Waals surface area contributed by atoms with Gasteiger partial charge in [-0.15, -0.1) is 0 Å². The summed E-state index contributed by atoms with van der Waals surface area (Å²) < 4.78 is 18.2. The van der Waals surface area contributed by atoms with E-state index in [2.05, 4.69) is 20.4 Å². The number of carbonyl (C=O) groups is 1. The number of amides is 2. The molecule has 0 radical (unpaired) electrons. The van der Waals surface area contributed by atoms with E-state index in [4.69, 9.17) is 4.52 Å². The molecule has 2 heterocycles. The molecule has 0 aliphatic carbocycles. The van der Waals surface area contributed by atoms with Crippen LogP contribution in [0.25, 0.3) is 0 Å². The second-order valence-corrected chi connectivity index (χ2v) is 7.10. The molecule has 3 rings (SSSR count). The lowest BCUT2D eigenvalue weighted by atomic mass is 10.2. The van der Waals surface area contributed by atoms with E-state index in [9.17, 15) is 9.18 Å². The number of urea groups is 1. The van der Waals surface area contributed by atoms with Crippen LogP contribution in [-0.4, -0.2) is 52.2 Å². The zero-order chi connectivity index (χ0) is 19.2. The van der Waals surface area contributed by atoms with Gasteiger partial charge >= 0.3 is 6.03 Å². The number of carbonyl (C=O) groups excluding carboxylic acids is 1. The van der Waals surface area contributed by atoms with Crippen molar-refractivity contribution in [1.82, 2.24) is 25.3 Å². The molecule has 2 amide bonds. The van der Waals surface area contributed by atoms with E-state index in [1.165, 1.54) is 12.1 Å². The highest BCUT2D eigenvalue weighted by atomic mass is 19.1. The number of benzene rings is 1. The van der Waals surface area contributed by atoms with Crippen molar-refractivity contribution in [3.8, 4) is 0 Å². The summed E-state index contributed by atoms with van der Waals surface area (Å²) in [4.78, 5) is 20.8. The predicted octanol–water partition coefficient (Wildman–Crippen LogP) is 2.75. The summed E-state index contributed by atoms with van der Waals surface area (Å²) in [5.41, 5.74) is 1.08. The van der Waals surface area contributed by atoms with E-state index in [-0.39, 0.29) is 24.3 Å². The fraction of sp³-hybridized carbons (Fsp3) is 0.526. The van der Waals surface area contributed by atoms with Crippen molar-refractivity contribution in [3.05, 3.63) is 47.4 Å². The van der Waals surface area contributed by atoms with Crippen LogP contribution in [0.5, 0.6) is 0 Å². The molecule has 27 heavy (non-hydrogen) atoms. The molecule has 1 aliphatic rings. The van der Waals surface area contributed by atoms with Gasteiger partial charge < -0.3 is 14.7 Å². The van der Waals surface area contributed by atoms with Crippen molar-refractivity contribution in [2.75, 3.05) is 26.2 Å². The molecule has 1 aliphatic heterocycles. The number of hydrogen-bond acceptors (Lipinski definition) is 5. The van der Waals surface area contributed by atoms with Crippen molar-refractivity contribution in [3.63, 3.8) is 0 Å². The number of nitrogens with one attached hydrogen (secondary N) is 1. The van der Waals surface area contributed by atoms with Crippen molar-refractivity contribution in [1.29, 1.82) is 0 Å². The zero-order valence-corrected chi connectivity index (χ0v) is 15.8. The first-order valence-electron chi connectivity index (χ1n) is 9.33. The first-order valence-corrected chi connectivity index (χ1v) is 9.33. The Morgan fingerprint density at radius 3 is 2.70 bits per heavy atom. The van der Waals surface area contributed by atoms with Gasteiger partial charge in [0.05, 0.1) is 6.54 Å². The molecular weight excluding hydrogens is 349 g/mol. The van der Waals surface area contributed by atoms with Crippen molar-refractivity contribution >= 4 is 6.03 Å². The summed E-state index contributed by atoms with van der Waals surface area (Å²) in [6.45, 7) is 8.00. The molecule has 0 atom stereocenters. The molecule has 1 fully saturated rings. The largest absolute Gasteiger partial charge is 0.337 e. The fourth-order valence-corrected chi connectivity index (χ4v) is 3.02. The molecule has 2 aromatic rings. The third-order valence-corrected chi connectivity index (χ3v) is 4.59. The molecule has 1 saturated heterocycles. The number of rotatable bonds is 5. The maximum Gasteiger partial charge on any atom is 0.317 e. The third-order valence-electron chi connectivity index (χ3n) is 4.59. The topological polar surface area (TPSA) is 74.5 Å². The van der Waals surface area contributed by atoms with Gasteiger partial charge in [0.15, 0.2) is 5.82 Å². The minimum atomic E-state index is -0.223. The van der Waals surface area contributed by atoms with E-state index < -0.39 is 0 Å². The standard InChI is InChI=1S/C19H26FN5O2/c1-14(2)18-22-17(27-23-18)12-21-19(26)25-9-3-8-24(10-11-25)13-15-4-6-16(20)7-5-15/h4-7,14H,3,8-13H2,1-2H3,(H,21,26). The molecule has 0 unspecified atom stereocenters. The average Bonchev–Trinajstić information content (AvgIpc) is 3.01. The highest BCUT2D eigenvalue weighted by Gasteiger charge is 2.20. The number of nitrogens with zero attached hydrogens (tertiary/aromatic N) is 4. The quantitative estimate of drug-likeness (QED) is 0.870. The summed E-state index contributed by atoms with van der Waals surface area (Å²) in [6.07, 6.45) is 0.896. The molecule has 0 bridgehead atoms. The van der Waals surface area contributed by atoms with E-state index in [1.54, 1.807) is 12.1 Å². The van der Waals surface area contributed by atoms with Crippen LogP contribution in [0.2, 0.25) is 0 Å². The normalized spacial score (nSPS) is 15.8. The van der Waals surface area contributed by atoms with Crippen LogP contribution in [0.3, 0.4) is 0 Å². The molecule has 146 valence electrons. The van der Waals surface area contributed by atoms with E-state index in [0.29, 0.717) is 24.8 Å². The Balaban J connectivity index is 1.46. The van der Waals surface area contributed by atoms with Gasteiger partial charge in [-0.05, 0) is 24.1 Å². The highest BCUT2D eigenvalue weighted by Crippen LogP contribution is 2.11. The SMILES string of the molecule is CC(C)c1noc(CNC(=O)N2CCCN(Cc3ccc(F)cc3)CC2)n1. The Morgan fingerprint density at radius 1 is 1.22 bits per heavy atom. The molecule has 1 aromatic carbocycles. The van der Waals surface area contributed by atoms with Gasteiger partial charge in [0.25, 0.3) is 0 Å². The lowest BCUT2D eigenvalue weighted by molar-refractivity contribution is 0.195. The van der Waals surface area contributed by atoms with Gasteiger partial charge in [-0.2, -0.15) is 4.98 Å². The average molecular weight is 375 g/mol. The summed E-state index contributed by atoms with van der Waals surface area (Å²) in [7, 11) is 0. The predicted molar refractivity (Wildman–Crippen MR) is 98.5 cm³/mol. The summed E-state index contributed by atoms with van der Waals surface area (Å²) in [5, 5.41) is 6.75. The van der Waals surface area contributed by atoms with Crippen LogP contribution >= 0.6 is 0 Å². The Hall–Kier alpha value is -2.48. The van der Waals surface area contributed by atoms with Crippen LogP contribution < -0.4 is 5.32 Å². The monoisotopic (exact) mass is 375 g/mol. The molecule has 1 aromatic heterocycles. The molecular formula is C19H26FN5O2. The van der Waals surface area contributed by atoms with E-state index in [1.807, 2.05) is 18.7 Å². The Morgan fingerprint density at radius 2 is 2.00 bits per heavy atom. The maximum absolute atomic E-state index is 13.0. The van der Waals surface area contributed by atoms with Crippen LogP contribution in [0.15, 0.2) is 28.8 Å². The minimum Gasteiger partial charge on any atom is -0.337 e. The molecule has 0 spiro atoms.